The second kappa shape index (κ2) is 23.4. The second-order valence-corrected chi connectivity index (χ2v) is 9.79. The first-order valence-electron chi connectivity index (χ1n) is 13.0. The van der Waals surface area contributed by atoms with Gasteiger partial charge in [0.05, 0.1) is 53.2 Å². The summed E-state index contributed by atoms with van der Waals surface area (Å²) in [7, 11) is 8.22. The predicted octanol–water partition coefficient (Wildman–Crippen LogP) is 2.81. The van der Waals surface area contributed by atoms with E-state index in [-0.39, 0.29) is 30.9 Å². The monoisotopic (exact) mass is 491 g/mol. The van der Waals surface area contributed by atoms with Gasteiger partial charge in [-0.1, -0.05) is 52.4 Å². The fourth-order valence-corrected chi connectivity index (χ4v) is 3.22. The molecule has 0 aliphatic rings. The lowest BCUT2D eigenvalue weighted by atomic mass is 10.0. The first-order chi connectivity index (χ1) is 15.3. The Morgan fingerprint density at radius 3 is 2.06 bits per heavy atom. The van der Waals surface area contributed by atoms with Crippen LogP contribution in [0, 0.1) is 11.8 Å². The summed E-state index contributed by atoms with van der Waals surface area (Å²) in [6, 6.07) is 0. The average Bonchev–Trinajstić information content (AvgIpc) is 2.76. The molecule has 198 valence electrons. The fourth-order valence-electron chi connectivity index (χ4n) is 3.22. The number of hydrogen-bond donors (Lipinski definition) is 0. The average molecular weight is 492 g/mol. The van der Waals surface area contributed by atoms with E-state index in [1.165, 1.54) is 44.9 Å². The number of nitrogens with zero attached hydrogens (tertiary/aromatic N) is 1. The first-order valence-corrected chi connectivity index (χ1v) is 13.0. The molecular weight excluding hydrogens is 438 g/mol. The highest BCUT2D eigenvalue weighted by Gasteiger charge is 2.18. The summed E-state index contributed by atoms with van der Waals surface area (Å²) < 4.78 is 24.4. The van der Waals surface area contributed by atoms with Gasteiger partial charge < -0.3 is 35.8 Å². The Bertz CT molecular complexity index is 473. The van der Waals surface area contributed by atoms with Crippen molar-refractivity contribution in [2.75, 3.05) is 54.6 Å². The fraction of sp³-hybridized carbons (Fsp3) is 0.926. The Morgan fingerprint density at radius 1 is 0.848 bits per heavy atom. The third-order valence-corrected chi connectivity index (χ3v) is 5.51. The standard InChI is InChI=1S/C27H54NO4.ClH/c1-8-10-11-12-13-14-15-16-17-18-19-20-26(9-2)32-27(31-23-25(3)29-7)24-30-22-21-28(4,5)6;/h25-27H,8-9,12-24H2,1-7H3;1H/q+1;/p-1. The molecule has 0 saturated carbocycles. The van der Waals surface area contributed by atoms with Gasteiger partial charge in [0.15, 0.2) is 6.29 Å². The Kier molecular flexibility index (Phi) is 24.7. The molecule has 3 atom stereocenters. The van der Waals surface area contributed by atoms with E-state index in [0.29, 0.717) is 19.8 Å². The summed E-state index contributed by atoms with van der Waals surface area (Å²) in [5.41, 5.74) is 0. The van der Waals surface area contributed by atoms with Crippen LogP contribution in [0.1, 0.15) is 91.4 Å². The van der Waals surface area contributed by atoms with Crippen molar-refractivity contribution in [3.05, 3.63) is 0 Å². The lowest BCUT2D eigenvalue weighted by Gasteiger charge is -2.27. The summed E-state index contributed by atoms with van der Waals surface area (Å²) in [6.45, 7) is 8.95. The molecule has 0 aromatic heterocycles. The normalized spacial score (nSPS) is 14.2. The SMILES string of the molecule is CCC#CCCCCCCCCCC(CC)OC(COCC[N+](C)(C)C)OCC(C)OC.[Cl-]. The second-order valence-electron chi connectivity index (χ2n) is 9.79. The number of rotatable bonds is 21. The van der Waals surface area contributed by atoms with Crippen LogP contribution in [0.3, 0.4) is 0 Å². The molecule has 0 rings (SSSR count). The quantitative estimate of drug-likeness (QED) is 0.107. The smallest absolute Gasteiger partial charge is 0.181 e. The predicted molar refractivity (Wildman–Crippen MR) is 135 cm³/mol. The summed E-state index contributed by atoms with van der Waals surface area (Å²) in [5.74, 6) is 6.38. The van der Waals surface area contributed by atoms with Gasteiger partial charge in [-0.05, 0) is 26.2 Å². The Morgan fingerprint density at radius 2 is 1.48 bits per heavy atom. The highest BCUT2D eigenvalue weighted by molar-refractivity contribution is 4.97. The maximum Gasteiger partial charge on any atom is 0.181 e. The zero-order chi connectivity index (χ0) is 24.1. The molecule has 0 aliphatic heterocycles. The van der Waals surface area contributed by atoms with E-state index in [2.05, 4.69) is 46.8 Å². The van der Waals surface area contributed by atoms with Crippen molar-refractivity contribution in [1.29, 1.82) is 0 Å². The van der Waals surface area contributed by atoms with Gasteiger partial charge in [-0.3, -0.25) is 0 Å². The number of unbranched alkanes of at least 4 members (excludes halogenated alkanes) is 7. The number of hydrogen-bond acceptors (Lipinski definition) is 4. The van der Waals surface area contributed by atoms with E-state index < -0.39 is 0 Å². The van der Waals surface area contributed by atoms with Gasteiger partial charge in [0.2, 0.25) is 0 Å². The highest BCUT2D eigenvalue weighted by atomic mass is 35.5. The van der Waals surface area contributed by atoms with Gasteiger partial charge in [-0.2, -0.15) is 0 Å². The van der Waals surface area contributed by atoms with E-state index in [4.69, 9.17) is 18.9 Å². The van der Waals surface area contributed by atoms with Gasteiger partial charge in [0.25, 0.3) is 0 Å². The molecule has 0 bridgehead atoms. The minimum absolute atomic E-state index is 0. The molecule has 0 fully saturated rings. The zero-order valence-corrected chi connectivity index (χ0v) is 23.6. The summed E-state index contributed by atoms with van der Waals surface area (Å²) in [4.78, 5) is 0. The van der Waals surface area contributed by atoms with Crippen molar-refractivity contribution >= 4 is 0 Å². The van der Waals surface area contributed by atoms with E-state index in [9.17, 15) is 0 Å². The van der Waals surface area contributed by atoms with Gasteiger partial charge in [0.1, 0.15) is 6.54 Å². The molecule has 0 aromatic rings. The van der Waals surface area contributed by atoms with E-state index in [1.807, 2.05) is 6.92 Å². The molecule has 0 spiro atoms. The first kappa shape index (κ1) is 34.8. The van der Waals surface area contributed by atoms with Crippen LogP contribution in [0.15, 0.2) is 0 Å². The van der Waals surface area contributed by atoms with Crippen LogP contribution in [-0.4, -0.2) is 77.6 Å². The molecule has 6 heteroatoms. The number of quaternary nitrogens is 1. The van der Waals surface area contributed by atoms with Crippen molar-refractivity contribution in [1.82, 2.24) is 0 Å². The molecule has 5 nitrogen and oxygen atoms in total. The van der Waals surface area contributed by atoms with Crippen molar-refractivity contribution < 1.29 is 35.8 Å². The topological polar surface area (TPSA) is 36.9 Å². The van der Waals surface area contributed by atoms with E-state index in [1.54, 1.807) is 7.11 Å². The Balaban J connectivity index is 0. The molecule has 0 radical (unpaired) electrons. The van der Waals surface area contributed by atoms with Gasteiger partial charge >= 0.3 is 0 Å². The summed E-state index contributed by atoms with van der Waals surface area (Å²) >= 11 is 0. The molecule has 0 heterocycles. The molecule has 0 amide bonds. The van der Waals surface area contributed by atoms with Crippen molar-refractivity contribution in [2.24, 2.45) is 0 Å². The van der Waals surface area contributed by atoms with Crippen LogP contribution < -0.4 is 12.4 Å². The van der Waals surface area contributed by atoms with Crippen LogP contribution >= 0.6 is 0 Å². The molecule has 0 saturated heterocycles. The van der Waals surface area contributed by atoms with Crippen LogP contribution in [-0.2, 0) is 18.9 Å². The molecule has 0 aromatic carbocycles. The third kappa shape index (κ3) is 24.6. The van der Waals surface area contributed by atoms with Crippen molar-refractivity contribution in [3.8, 4) is 11.8 Å². The number of likely N-dealkylation sites (N-methyl/N-ethyl adjacent to an activating group) is 1. The van der Waals surface area contributed by atoms with Crippen LogP contribution in [0.5, 0.6) is 0 Å². The Hall–Kier alpha value is -0.350. The summed E-state index contributed by atoms with van der Waals surface area (Å²) in [6.07, 6.45) is 13.1. The number of methoxy groups -OCH3 is 1. The van der Waals surface area contributed by atoms with Gasteiger partial charge in [-0.15, -0.1) is 11.8 Å². The van der Waals surface area contributed by atoms with Crippen LogP contribution in [0.4, 0.5) is 0 Å². The van der Waals surface area contributed by atoms with Gasteiger partial charge in [0, 0.05) is 20.0 Å². The maximum atomic E-state index is 6.30. The largest absolute Gasteiger partial charge is 1.00 e. The third-order valence-electron chi connectivity index (χ3n) is 5.51. The molecule has 0 N–H and O–H groups in total. The molecule has 3 unspecified atom stereocenters. The Labute approximate surface area is 212 Å². The van der Waals surface area contributed by atoms with Crippen molar-refractivity contribution in [2.45, 2.75) is 110 Å². The number of halogens is 1. The minimum atomic E-state index is -0.333. The lowest BCUT2D eigenvalue weighted by Crippen LogP contribution is -3.00. The number of ether oxygens (including phenoxy) is 4. The highest BCUT2D eigenvalue weighted by Crippen LogP contribution is 2.16. The molecule has 33 heavy (non-hydrogen) atoms. The summed E-state index contributed by atoms with van der Waals surface area (Å²) in [5, 5.41) is 0. The van der Waals surface area contributed by atoms with Crippen molar-refractivity contribution in [3.63, 3.8) is 0 Å². The van der Waals surface area contributed by atoms with Gasteiger partial charge in [-0.25, -0.2) is 0 Å². The van der Waals surface area contributed by atoms with Crippen LogP contribution in [0.25, 0.3) is 0 Å². The maximum absolute atomic E-state index is 6.30. The van der Waals surface area contributed by atoms with Crippen LogP contribution in [0.2, 0.25) is 0 Å². The van der Waals surface area contributed by atoms with E-state index in [0.717, 1.165) is 36.7 Å². The molecular formula is C27H54ClNO4. The lowest BCUT2D eigenvalue weighted by molar-refractivity contribution is -0.870. The molecule has 0 aliphatic carbocycles. The zero-order valence-electron chi connectivity index (χ0n) is 22.8. The minimum Gasteiger partial charge on any atom is -1.00 e. The van der Waals surface area contributed by atoms with E-state index >= 15 is 0 Å².